The highest BCUT2D eigenvalue weighted by Crippen LogP contribution is 2.25. The van der Waals surface area contributed by atoms with Crippen molar-refractivity contribution in [2.45, 2.75) is 11.4 Å². The number of halogens is 2. The number of nitrogens with two attached hydrogens (primary N) is 1. The number of nitrogens with zero attached hydrogens (tertiary/aromatic N) is 1. The summed E-state index contributed by atoms with van der Waals surface area (Å²) in [7, 11) is -3.92. The number of anilines is 1. The SMILES string of the molecule is NCc1cc(S(=O)(=O)Nc2cn[nH]c2)cc(F)c1Cl. The van der Waals surface area contributed by atoms with Crippen LogP contribution in [0.15, 0.2) is 29.4 Å². The Morgan fingerprint density at radius 2 is 2.21 bits per heavy atom. The van der Waals surface area contributed by atoms with Gasteiger partial charge in [0, 0.05) is 12.7 Å². The molecule has 6 nitrogen and oxygen atoms in total. The molecule has 1 heterocycles. The molecular weight excluding hydrogens is 295 g/mol. The van der Waals surface area contributed by atoms with Crippen molar-refractivity contribution in [3.8, 4) is 0 Å². The van der Waals surface area contributed by atoms with E-state index in [1.165, 1.54) is 18.5 Å². The van der Waals surface area contributed by atoms with E-state index in [4.69, 9.17) is 17.3 Å². The van der Waals surface area contributed by atoms with E-state index in [9.17, 15) is 12.8 Å². The van der Waals surface area contributed by atoms with Gasteiger partial charge in [-0.2, -0.15) is 5.10 Å². The summed E-state index contributed by atoms with van der Waals surface area (Å²) in [6, 6.07) is 2.07. The van der Waals surface area contributed by atoms with Crippen LogP contribution in [-0.2, 0) is 16.6 Å². The van der Waals surface area contributed by atoms with Crippen molar-refractivity contribution in [1.29, 1.82) is 0 Å². The van der Waals surface area contributed by atoms with Crippen LogP contribution in [0, 0.1) is 5.82 Å². The summed E-state index contributed by atoms with van der Waals surface area (Å²) in [4.78, 5) is -0.254. The molecule has 0 saturated carbocycles. The molecule has 0 amide bonds. The molecule has 0 bridgehead atoms. The molecule has 0 aliphatic rings. The summed E-state index contributed by atoms with van der Waals surface area (Å²) >= 11 is 5.67. The molecule has 0 atom stereocenters. The lowest BCUT2D eigenvalue weighted by Gasteiger charge is -2.09. The van der Waals surface area contributed by atoms with Crippen molar-refractivity contribution in [3.05, 3.63) is 40.9 Å². The number of hydrogen-bond acceptors (Lipinski definition) is 4. The van der Waals surface area contributed by atoms with Gasteiger partial charge in [-0.3, -0.25) is 9.82 Å². The van der Waals surface area contributed by atoms with Gasteiger partial charge in [-0.25, -0.2) is 12.8 Å². The number of benzene rings is 1. The average molecular weight is 305 g/mol. The Morgan fingerprint density at radius 3 is 2.79 bits per heavy atom. The molecule has 4 N–H and O–H groups in total. The van der Waals surface area contributed by atoms with Crippen molar-refractivity contribution >= 4 is 27.3 Å². The Kier molecular flexibility index (Phi) is 3.74. The second-order valence-electron chi connectivity index (χ2n) is 3.67. The van der Waals surface area contributed by atoms with E-state index in [1.807, 2.05) is 0 Å². The van der Waals surface area contributed by atoms with Crippen LogP contribution in [-0.4, -0.2) is 18.6 Å². The predicted octanol–water partition coefficient (Wildman–Crippen LogP) is 1.46. The van der Waals surface area contributed by atoms with Gasteiger partial charge in [0.05, 0.1) is 21.8 Å². The van der Waals surface area contributed by atoms with Crippen molar-refractivity contribution < 1.29 is 12.8 Å². The Balaban J connectivity index is 2.43. The Bertz CT molecular complexity index is 688. The molecule has 0 radical (unpaired) electrons. The number of H-pyrrole nitrogens is 1. The van der Waals surface area contributed by atoms with Crippen molar-refractivity contribution in [2.75, 3.05) is 4.72 Å². The topological polar surface area (TPSA) is 101 Å². The fourth-order valence-corrected chi connectivity index (χ4v) is 2.72. The Labute approximate surface area is 113 Å². The highest BCUT2D eigenvalue weighted by Gasteiger charge is 2.19. The molecule has 1 aromatic carbocycles. The third kappa shape index (κ3) is 2.86. The van der Waals surface area contributed by atoms with Crippen molar-refractivity contribution in [3.63, 3.8) is 0 Å². The number of aromatic amines is 1. The van der Waals surface area contributed by atoms with Crippen LogP contribution in [0.3, 0.4) is 0 Å². The summed E-state index contributed by atoms with van der Waals surface area (Å²) in [6.07, 6.45) is 2.64. The van der Waals surface area contributed by atoms with E-state index in [1.54, 1.807) is 0 Å². The van der Waals surface area contributed by atoms with Crippen LogP contribution in [0.4, 0.5) is 10.1 Å². The van der Waals surface area contributed by atoms with E-state index in [0.29, 0.717) is 0 Å². The lowest BCUT2D eigenvalue weighted by atomic mass is 10.2. The normalized spacial score (nSPS) is 11.5. The molecule has 0 aliphatic heterocycles. The molecule has 2 aromatic rings. The number of rotatable bonds is 4. The lowest BCUT2D eigenvalue weighted by Crippen LogP contribution is -2.14. The van der Waals surface area contributed by atoms with Crippen LogP contribution in [0.25, 0.3) is 0 Å². The molecule has 1 aromatic heterocycles. The van der Waals surface area contributed by atoms with Crippen molar-refractivity contribution in [2.24, 2.45) is 5.73 Å². The van der Waals surface area contributed by atoms with Gasteiger partial charge in [0.1, 0.15) is 5.82 Å². The van der Waals surface area contributed by atoms with Crippen LogP contribution in [0.1, 0.15) is 5.56 Å². The van der Waals surface area contributed by atoms with Gasteiger partial charge in [-0.15, -0.1) is 0 Å². The Morgan fingerprint density at radius 1 is 1.47 bits per heavy atom. The second-order valence-corrected chi connectivity index (χ2v) is 5.74. The van der Waals surface area contributed by atoms with E-state index < -0.39 is 15.8 Å². The molecular formula is C10H10ClFN4O2S. The van der Waals surface area contributed by atoms with Gasteiger partial charge in [0.25, 0.3) is 10.0 Å². The van der Waals surface area contributed by atoms with E-state index in [-0.39, 0.29) is 27.7 Å². The van der Waals surface area contributed by atoms with E-state index >= 15 is 0 Å². The molecule has 0 aliphatic carbocycles. The monoisotopic (exact) mass is 304 g/mol. The van der Waals surface area contributed by atoms with Gasteiger partial charge < -0.3 is 5.73 Å². The molecule has 0 spiro atoms. The van der Waals surface area contributed by atoms with Crippen LogP contribution < -0.4 is 10.5 Å². The largest absolute Gasteiger partial charge is 0.326 e. The number of aromatic nitrogens is 2. The third-order valence-corrected chi connectivity index (χ3v) is 4.14. The maximum Gasteiger partial charge on any atom is 0.262 e. The number of hydrogen-bond donors (Lipinski definition) is 3. The van der Waals surface area contributed by atoms with Gasteiger partial charge in [0.2, 0.25) is 0 Å². The van der Waals surface area contributed by atoms with Crippen LogP contribution in [0.5, 0.6) is 0 Å². The minimum absolute atomic E-state index is 0.0647. The quantitative estimate of drug-likeness (QED) is 0.796. The second kappa shape index (κ2) is 5.16. The fraction of sp³-hybridized carbons (Fsp3) is 0.100. The average Bonchev–Trinajstić information content (AvgIpc) is 2.84. The predicted molar refractivity (Wildman–Crippen MR) is 68.7 cm³/mol. The highest BCUT2D eigenvalue weighted by molar-refractivity contribution is 7.92. The third-order valence-electron chi connectivity index (χ3n) is 2.36. The summed E-state index contributed by atoms with van der Waals surface area (Å²) in [5, 5.41) is 5.88. The van der Waals surface area contributed by atoms with Crippen LogP contribution in [0.2, 0.25) is 5.02 Å². The molecule has 0 unspecified atom stereocenters. The first kappa shape index (κ1) is 13.8. The first-order chi connectivity index (χ1) is 8.94. The minimum Gasteiger partial charge on any atom is -0.326 e. The molecule has 0 fully saturated rings. The molecule has 9 heteroatoms. The van der Waals surface area contributed by atoms with Crippen molar-refractivity contribution in [1.82, 2.24) is 10.2 Å². The summed E-state index contributed by atoms with van der Waals surface area (Å²) in [6.45, 7) is -0.0647. The molecule has 0 saturated heterocycles. The minimum atomic E-state index is -3.92. The van der Waals surface area contributed by atoms with Gasteiger partial charge in [-0.1, -0.05) is 11.6 Å². The standard InChI is InChI=1S/C10H10ClFN4O2S/c11-10-6(3-13)1-8(2-9(10)12)19(17,18)16-7-4-14-15-5-7/h1-2,4-5,16H,3,13H2,(H,14,15). The maximum atomic E-state index is 13.5. The first-order valence-electron chi connectivity index (χ1n) is 5.13. The summed E-state index contributed by atoms with van der Waals surface area (Å²) < 4.78 is 39.8. The summed E-state index contributed by atoms with van der Waals surface area (Å²) in [5.41, 5.74) is 5.84. The first-order valence-corrected chi connectivity index (χ1v) is 7.00. The number of nitrogens with one attached hydrogen (secondary N) is 2. The number of sulfonamides is 1. The van der Waals surface area contributed by atoms with E-state index in [2.05, 4.69) is 14.9 Å². The zero-order chi connectivity index (χ0) is 14.0. The zero-order valence-electron chi connectivity index (χ0n) is 9.52. The highest BCUT2D eigenvalue weighted by atomic mass is 35.5. The van der Waals surface area contributed by atoms with Gasteiger partial charge >= 0.3 is 0 Å². The molecule has 102 valence electrons. The zero-order valence-corrected chi connectivity index (χ0v) is 11.1. The molecule has 19 heavy (non-hydrogen) atoms. The van der Waals surface area contributed by atoms with Gasteiger partial charge in [0.15, 0.2) is 0 Å². The molecule has 2 rings (SSSR count). The van der Waals surface area contributed by atoms with E-state index in [0.717, 1.165) is 6.07 Å². The summed E-state index contributed by atoms with van der Waals surface area (Å²) in [5.74, 6) is -0.836. The Hall–Kier alpha value is -1.64. The lowest BCUT2D eigenvalue weighted by molar-refractivity contribution is 0.594. The smallest absolute Gasteiger partial charge is 0.262 e. The fourth-order valence-electron chi connectivity index (χ4n) is 1.44. The maximum absolute atomic E-state index is 13.5. The van der Waals surface area contributed by atoms with Gasteiger partial charge in [-0.05, 0) is 17.7 Å². The van der Waals surface area contributed by atoms with Crippen LogP contribution >= 0.6 is 11.6 Å².